The van der Waals surface area contributed by atoms with Crippen molar-refractivity contribution in [3.05, 3.63) is 47.9 Å². The van der Waals surface area contributed by atoms with Gasteiger partial charge >= 0.3 is 0 Å². The molecule has 1 aromatic heterocycles. The molecule has 8 heteroatoms. The average Bonchev–Trinajstić information content (AvgIpc) is 2.79. The molecular formula is C12H12F2N2O3S. The van der Waals surface area contributed by atoms with E-state index in [1.165, 1.54) is 6.26 Å². The van der Waals surface area contributed by atoms with Crippen LogP contribution in [0.4, 0.5) is 14.5 Å². The molecule has 1 aromatic carbocycles. The molecule has 0 amide bonds. The van der Waals surface area contributed by atoms with Crippen LogP contribution in [0.2, 0.25) is 0 Å². The summed E-state index contributed by atoms with van der Waals surface area (Å²) in [6.45, 7) is -0.0426. The molecule has 2 aromatic rings. The Morgan fingerprint density at radius 3 is 2.45 bits per heavy atom. The van der Waals surface area contributed by atoms with Crippen LogP contribution in [-0.2, 0) is 16.4 Å². The van der Waals surface area contributed by atoms with E-state index < -0.39 is 26.6 Å². The summed E-state index contributed by atoms with van der Waals surface area (Å²) in [6, 6.07) is 4.83. The molecule has 0 saturated heterocycles. The Morgan fingerprint density at radius 1 is 1.25 bits per heavy atom. The first-order valence-corrected chi connectivity index (χ1v) is 7.15. The van der Waals surface area contributed by atoms with Crippen LogP contribution in [0.1, 0.15) is 5.76 Å². The van der Waals surface area contributed by atoms with Crippen LogP contribution >= 0.6 is 0 Å². The van der Waals surface area contributed by atoms with Crippen molar-refractivity contribution >= 4 is 15.7 Å². The quantitative estimate of drug-likeness (QED) is 0.823. The van der Waals surface area contributed by atoms with E-state index in [1.807, 2.05) is 0 Å². The van der Waals surface area contributed by atoms with Crippen LogP contribution in [0.15, 0.2) is 39.8 Å². The summed E-state index contributed by atoms with van der Waals surface area (Å²) in [5.41, 5.74) is 5.04. The molecule has 0 spiro atoms. The van der Waals surface area contributed by atoms with Gasteiger partial charge in [-0.2, -0.15) is 0 Å². The molecule has 5 nitrogen and oxygen atoms in total. The Hall–Kier alpha value is -1.93. The average molecular weight is 302 g/mol. The normalized spacial score (nSPS) is 11.7. The highest BCUT2D eigenvalue weighted by Crippen LogP contribution is 2.21. The van der Waals surface area contributed by atoms with E-state index in [2.05, 4.69) is 4.72 Å². The Morgan fingerprint density at radius 2 is 1.90 bits per heavy atom. The second-order valence-corrected chi connectivity index (χ2v) is 5.74. The molecule has 3 N–H and O–H groups in total. The predicted octanol–water partition coefficient (Wildman–Crippen LogP) is 1.66. The van der Waals surface area contributed by atoms with E-state index in [-0.39, 0.29) is 18.7 Å². The summed E-state index contributed by atoms with van der Waals surface area (Å²) in [4.78, 5) is -1.04. The van der Waals surface area contributed by atoms with Crippen LogP contribution in [-0.4, -0.2) is 15.0 Å². The number of nitrogens with two attached hydrogens (primary N) is 1. The van der Waals surface area contributed by atoms with Gasteiger partial charge < -0.3 is 10.2 Å². The van der Waals surface area contributed by atoms with E-state index >= 15 is 0 Å². The van der Waals surface area contributed by atoms with Crippen LogP contribution in [0.25, 0.3) is 0 Å². The zero-order valence-electron chi connectivity index (χ0n) is 10.3. The Bertz CT molecular complexity index is 676. The SMILES string of the molecule is Nc1cc(F)c(S(=O)(=O)NCCc2ccco2)c(F)c1. The summed E-state index contributed by atoms with van der Waals surface area (Å²) < 4.78 is 57.9. The highest BCUT2D eigenvalue weighted by atomic mass is 32.2. The minimum Gasteiger partial charge on any atom is -0.469 e. The number of benzene rings is 1. The van der Waals surface area contributed by atoms with E-state index in [9.17, 15) is 17.2 Å². The fraction of sp³-hybridized carbons (Fsp3) is 0.167. The maximum atomic E-state index is 13.5. The third-order valence-corrected chi connectivity index (χ3v) is 4.04. The van der Waals surface area contributed by atoms with Crippen molar-refractivity contribution in [1.29, 1.82) is 0 Å². The largest absolute Gasteiger partial charge is 0.469 e. The first kappa shape index (κ1) is 14.5. The van der Waals surface area contributed by atoms with Crippen molar-refractivity contribution in [2.45, 2.75) is 11.3 Å². The molecule has 0 aliphatic heterocycles. The van der Waals surface area contributed by atoms with Crippen molar-refractivity contribution in [3.63, 3.8) is 0 Å². The zero-order chi connectivity index (χ0) is 14.8. The Kier molecular flexibility index (Phi) is 4.05. The van der Waals surface area contributed by atoms with Gasteiger partial charge in [-0.3, -0.25) is 0 Å². The molecule has 0 unspecified atom stereocenters. The molecular weight excluding hydrogens is 290 g/mol. The molecule has 1 heterocycles. The molecule has 2 rings (SSSR count). The third-order valence-electron chi connectivity index (χ3n) is 2.53. The van der Waals surface area contributed by atoms with Gasteiger partial charge in [0.05, 0.1) is 6.26 Å². The molecule has 0 atom stereocenters. The topological polar surface area (TPSA) is 85.3 Å². The smallest absolute Gasteiger partial charge is 0.246 e. The van der Waals surface area contributed by atoms with Crippen molar-refractivity contribution in [2.24, 2.45) is 0 Å². The summed E-state index contributed by atoms with van der Waals surface area (Å²) in [5, 5.41) is 0. The highest BCUT2D eigenvalue weighted by Gasteiger charge is 2.24. The predicted molar refractivity (Wildman–Crippen MR) is 68.4 cm³/mol. The number of nitrogen functional groups attached to an aromatic ring is 1. The van der Waals surface area contributed by atoms with Crippen molar-refractivity contribution in [2.75, 3.05) is 12.3 Å². The lowest BCUT2D eigenvalue weighted by Crippen LogP contribution is -2.27. The summed E-state index contributed by atoms with van der Waals surface area (Å²) in [5.74, 6) is -1.90. The maximum Gasteiger partial charge on any atom is 0.246 e. The van der Waals surface area contributed by atoms with Gasteiger partial charge in [-0.1, -0.05) is 0 Å². The zero-order valence-corrected chi connectivity index (χ0v) is 11.1. The molecule has 0 fully saturated rings. The van der Waals surface area contributed by atoms with Gasteiger partial charge in [-0.15, -0.1) is 0 Å². The lowest BCUT2D eigenvalue weighted by molar-refractivity contribution is 0.500. The molecule has 0 aliphatic carbocycles. The van der Waals surface area contributed by atoms with Crippen LogP contribution < -0.4 is 10.5 Å². The maximum absolute atomic E-state index is 13.5. The first-order valence-electron chi connectivity index (χ1n) is 5.67. The van der Waals surface area contributed by atoms with Gasteiger partial charge in [-0.05, 0) is 24.3 Å². The first-order chi connectivity index (χ1) is 9.40. The standard InChI is InChI=1S/C12H12F2N2O3S/c13-10-6-8(15)7-11(14)12(10)20(17,18)16-4-3-9-2-1-5-19-9/h1-2,5-7,16H,3-4,15H2. The summed E-state index contributed by atoms with van der Waals surface area (Å²) in [7, 11) is -4.29. The number of halogens is 2. The van der Waals surface area contributed by atoms with Gasteiger partial charge in [0.25, 0.3) is 0 Å². The molecule has 0 radical (unpaired) electrons. The molecule has 20 heavy (non-hydrogen) atoms. The van der Waals surface area contributed by atoms with Crippen LogP contribution in [0.5, 0.6) is 0 Å². The lowest BCUT2D eigenvalue weighted by atomic mass is 10.3. The minimum atomic E-state index is -4.29. The van der Waals surface area contributed by atoms with E-state index in [0.29, 0.717) is 5.76 Å². The van der Waals surface area contributed by atoms with Crippen LogP contribution in [0.3, 0.4) is 0 Å². The molecule has 0 bridgehead atoms. The van der Waals surface area contributed by atoms with E-state index in [4.69, 9.17) is 10.2 Å². The van der Waals surface area contributed by atoms with Crippen molar-refractivity contribution < 1.29 is 21.6 Å². The highest BCUT2D eigenvalue weighted by molar-refractivity contribution is 7.89. The monoisotopic (exact) mass is 302 g/mol. The Balaban J connectivity index is 2.14. The molecule has 108 valence electrons. The van der Waals surface area contributed by atoms with Crippen LogP contribution in [0, 0.1) is 11.6 Å². The Labute approximate surface area is 114 Å². The summed E-state index contributed by atoms with van der Waals surface area (Å²) in [6.07, 6.45) is 1.72. The molecule has 0 saturated carbocycles. The molecule has 0 aliphatic rings. The van der Waals surface area contributed by atoms with Gasteiger partial charge in [0.15, 0.2) is 4.90 Å². The van der Waals surface area contributed by atoms with E-state index in [0.717, 1.165) is 12.1 Å². The van der Waals surface area contributed by atoms with Crippen molar-refractivity contribution in [3.8, 4) is 0 Å². The number of hydrogen-bond donors (Lipinski definition) is 2. The lowest BCUT2D eigenvalue weighted by Gasteiger charge is -2.08. The number of nitrogens with one attached hydrogen (secondary N) is 1. The van der Waals surface area contributed by atoms with Crippen molar-refractivity contribution in [1.82, 2.24) is 4.72 Å². The second-order valence-electron chi connectivity index (χ2n) is 4.04. The number of sulfonamides is 1. The fourth-order valence-corrected chi connectivity index (χ4v) is 2.82. The number of anilines is 1. The number of rotatable bonds is 5. The van der Waals surface area contributed by atoms with Gasteiger partial charge in [0.1, 0.15) is 17.4 Å². The third kappa shape index (κ3) is 3.14. The van der Waals surface area contributed by atoms with Gasteiger partial charge in [0, 0.05) is 18.7 Å². The number of furan rings is 1. The number of hydrogen-bond acceptors (Lipinski definition) is 4. The van der Waals surface area contributed by atoms with E-state index in [1.54, 1.807) is 12.1 Å². The van der Waals surface area contributed by atoms with Gasteiger partial charge in [-0.25, -0.2) is 21.9 Å². The fourth-order valence-electron chi connectivity index (χ4n) is 1.67. The summed E-state index contributed by atoms with van der Waals surface area (Å²) >= 11 is 0. The second kappa shape index (κ2) is 5.59. The minimum absolute atomic E-state index is 0.0426. The van der Waals surface area contributed by atoms with Gasteiger partial charge in [0.2, 0.25) is 10.0 Å².